The van der Waals surface area contributed by atoms with Crippen LogP contribution in [0.4, 0.5) is 5.69 Å². The number of aromatic carboxylic acids is 1. The van der Waals surface area contributed by atoms with E-state index in [4.69, 9.17) is 4.74 Å². The van der Waals surface area contributed by atoms with Crippen molar-refractivity contribution in [1.82, 2.24) is 5.32 Å². The van der Waals surface area contributed by atoms with Crippen LogP contribution in [0.2, 0.25) is 0 Å². The Hall–Kier alpha value is -2.38. The highest BCUT2D eigenvalue weighted by molar-refractivity contribution is 7.16. The fourth-order valence-electron chi connectivity index (χ4n) is 4.24. The third kappa shape index (κ3) is 3.42. The first-order valence-corrected chi connectivity index (χ1v) is 10.6. The Bertz CT molecular complexity index is 1010. The number of benzene rings is 1. The Kier molecular flexibility index (Phi) is 4.91. The molecule has 0 spiro atoms. The lowest BCUT2D eigenvalue weighted by Gasteiger charge is -2.29. The molecular weight excluding hydrogens is 388 g/mol. The Labute approximate surface area is 174 Å². The zero-order chi connectivity index (χ0) is 20.9. The molecule has 0 atom stereocenters. The van der Waals surface area contributed by atoms with Gasteiger partial charge < -0.3 is 20.1 Å². The van der Waals surface area contributed by atoms with Gasteiger partial charge in [-0.2, -0.15) is 0 Å². The van der Waals surface area contributed by atoms with E-state index in [0.29, 0.717) is 17.9 Å². The molecule has 0 saturated heterocycles. The van der Waals surface area contributed by atoms with Gasteiger partial charge in [0.2, 0.25) is 0 Å². The van der Waals surface area contributed by atoms with Gasteiger partial charge in [-0.05, 0) is 55.0 Å². The summed E-state index contributed by atoms with van der Waals surface area (Å²) >= 11 is 1.59. The fraction of sp³-hybridized carbons (Fsp3) is 0.455. The van der Waals surface area contributed by atoms with Gasteiger partial charge in [0.05, 0.1) is 11.3 Å². The van der Waals surface area contributed by atoms with Gasteiger partial charge in [-0.25, -0.2) is 4.79 Å². The molecule has 154 valence electrons. The molecule has 1 aromatic heterocycles. The van der Waals surface area contributed by atoms with E-state index in [9.17, 15) is 14.7 Å². The van der Waals surface area contributed by atoms with Crippen molar-refractivity contribution < 1.29 is 19.4 Å². The Morgan fingerprint density at radius 3 is 2.83 bits per heavy atom. The molecule has 1 amide bonds. The van der Waals surface area contributed by atoms with Crippen LogP contribution >= 0.6 is 11.3 Å². The van der Waals surface area contributed by atoms with Gasteiger partial charge in [0.15, 0.2) is 6.61 Å². The summed E-state index contributed by atoms with van der Waals surface area (Å²) in [5, 5.41) is 13.2. The standard InChI is InChI=1S/C22H26N2O4S/c1-22(2)6-5-17-14(9-22)19(21(26)27)20(29-17)13-8-16-15(7-12(13)10-23-3)24(4)18(25)11-28-16/h7-8,23H,5-6,9-11H2,1-4H3,(H,26,27). The van der Waals surface area contributed by atoms with Crippen molar-refractivity contribution >= 4 is 28.9 Å². The molecule has 7 heteroatoms. The van der Waals surface area contributed by atoms with Gasteiger partial charge in [-0.15, -0.1) is 11.3 Å². The maximum absolute atomic E-state index is 12.3. The average Bonchev–Trinajstić information content (AvgIpc) is 3.02. The maximum Gasteiger partial charge on any atom is 0.337 e. The van der Waals surface area contributed by atoms with E-state index >= 15 is 0 Å². The lowest BCUT2D eigenvalue weighted by Crippen LogP contribution is -2.35. The van der Waals surface area contributed by atoms with Crippen LogP contribution < -0.4 is 15.0 Å². The van der Waals surface area contributed by atoms with Crippen LogP contribution in [0.1, 0.15) is 46.6 Å². The number of anilines is 1. The summed E-state index contributed by atoms with van der Waals surface area (Å²) in [6, 6.07) is 3.84. The number of amides is 1. The monoisotopic (exact) mass is 414 g/mol. The summed E-state index contributed by atoms with van der Waals surface area (Å²) in [7, 11) is 3.59. The molecule has 0 unspecified atom stereocenters. The summed E-state index contributed by atoms with van der Waals surface area (Å²) in [5.74, 6) is -0.359. The van der Waals surface area contributed by atoms with E-state index in [2.05, 4.69) is 19.2 Å². The smallest absolute Gasteiger partial charge is 0.337 e. The van der Waals surface area contributed by atoms with Crippen LogP contribution in [0.15, 0.2) is 12.1 Å². The van der Waals surface area contributed by atoms with Crippen molar-refractivity contribution in [2.75, 3.05) is 25.6 Å². The number of hydrogen-bond donors (Lipinski definition) is 2. The number of rotatable bonds is 4. The van der Waals surface area contributed by atoms with Crippen LogP contribution in [0.5, 0.6) is 5.75 Å². The summed E-state index contributed by atoms with van der Waals surface area (Å²) in [5.41, 5.74) is 4.05. The summed E-state index contributed by atoms with van der Waals surface area (Å²) < 4.78 is 5.68. The number of likely N-dealkylation sites (N-methyl/N-ethyl adjacent to an activating group) is 1. The number of carboxylic acids is 1. The number of fused-ring (bicyclic) bond motifs is 2. The van der Waals surface area contributed by atoms with E-state index in [1.54, 1.807) is 23.3 Å². The van der Waals surface area contributed by atoms with Crippen LogP contribution in [-0.2, 0) is 24.2 Å². The third-order valence-electron chi connectivity index (χ3n) is 5.87. The number of aryl methyl sites for hydroxylation is 1. The van der Waals surface area contributed by atoms with Crippen molar-refractivity contribution in [1.29, 1.82) is 0 Å². The second-order valence-electron chi connectivity index (χ2n) is 8.60. The predicted octanol–water partition coefficient (Wildman–Crippen LogP) is 3.70. The highest BCUT2D eigenvalue weighted by Gasteiger charge is 2.34. The van der Waals surface area contributed by atoms with E-state index in [1.807, 2.05) is 19.2 Å². The van der Waals surface area contributed by atoms with Crippen LogP contribution in [0, 0.1) is 5.41 Å². The quantitative estimate of drug-likeness (QED) is 0.798. The van der Waals surface area contributed by atoms with Crippen LogP contribution in [0.3, 0.4) is 0 Å². The van der Waals surface area contributed by atoms with Crippen molar-refractivity contribution in [3.8, 4) is 16.2 Å². The molecule has 6 nitrogen and oxygen atoms in total. The van der Waals surface area contributed by atoms with E-state index in [-0.39, 0.29) is 17.9 Å². The second-order valence-corrected chi connectivity index (χ2v) is 9.71. The minimum atomic E-state index is -0.878. The molecule has 2 heterocycles. The highest BCUT2D eigenvalue weighted by atomic mass is 32.1. The Balaban J connectivity index is 1.92. The van der Waals surface area contributed by atoms with Crippen LogP contribution in [0.25, 0.3) is 10.4 Å². The first kappa shape index (κ1) is 19.9. The van der Waals surface area contributed by atoms with Gasteiger partial charge in [0.25, 0.3) is 5.91 Å². The maximum atomic E-state index is 12.3. The summed E-state index contributed by atoms with van der Waals surface area (Å²) in [6.07, 6.45) is 2.75. The zero-order valence-electron chi connectivity index (χ0n) is 17.2. The Morgan fingerprint density at radius 2 is 2.14 bits per heavy atom. The molecule has 4 rings (SSSR count). The molecule has 2 aromatic rings. The second kappa shape index (κ2) is 7.15. The van der Waals surface area contributed by atoms with Gasteiger partial charge in [-0.1, -0.05) is 13.8 Å². The lowest BCUT2D eigenvalue weighted by atomic mass is 9.76. The van der Waals surface area contributed by atoms with Crippen molar-refractivity contribution in [3.63, 3.8) is 0 Å². The molecule has 1 aliphatic heterocycles. The summed E-state index contributed by atoms with van der Waals surface area (Å²) in [4.78, 5) is 27.9. The number of carbonyl (C=O) groups is 2. The normalized spacial score (nSPS) is 17.5. The number of carbonyl (C=O) groups excluding carboxylic acids is 1. The highest BCUT2D eigenvalue weighted by Crippen LogP contribution is 2.47. The third-order valence-corrected chi connectivity index (χ3v) is 7.20. The van der Waals surface area contributed by atoms with E-state index < -0.39 is 5.97 Å². The number of nitrogens with zero attached hydrogens (tertiary/aromatic N) is 1. The van der Waals surface area contributed by atoms with Crippen molar-refractivity contribution in [3.05, 3.63) is 33.7 Å². The number of hydrogen-bond acceptors (Lipinski definition) is 5. The first-order chi connectivity index (χ1) is 13.7. The van der Waals surface area contributed by atoms with Crippen molar-refractivity contribution in [2.45, 2.75) is 39.7 Å². The number of nitrogens with one attached hydrogen (secondary N) is 1. The van der Waals surface area contributed by atoms with Gasteiger partial charge in [0, 0.05) is 28.9 Å². The SMILES string of the molecule is CNCc1cc2c(cc1-c1sc3c(c1C(=O)O)CC(C)(C)CC3)OCC(=O)N2C. The minimum absolute atomic E-state index is 0.00473. The first-order valence-electron chi connectivity index (χ1n) is 9.81. The fourth-order valence-corrected chi connectivity index (χ4v) is 5.60. The molecule has 2 N–H and O–H groups in total. The zero-order valence-corrected chi connectivity index (χ0v) is 18.0. The lowest BCUT2D eigenvalue weighted by molar-refractivity contribution is -0.120. The number of carboxylic acid groups (broad SMARTS) is 1. The molecule has 0 fully saturated rings. The Morgan fingerprint density at radius 1 is 1.38 bits per heavy atom. The molecule has 0 radical (unpaired) electrons. The molecule has 0 bridgehead atoms. The van der Waals surface area contributed by atoms with E-state index in [1.165, 1.54) is 4.88 Å². The molecule has 2 aliphatic rings. The number of thiophene rings is 1. The molecule has 0 saturated carbocycles. The van der Waals surface area contributed by atoms with Gasteiger partial charge in [0.1, 0.15) is 5.75 Å². The average molecular weight is 415 g/mol. The van der Waals surface area contributed by atoms with E-state index in [0.717, 1.165) is 46.5 Å². The predicted molar refractivity (Wildman–Crippen MR) is 114 cm³/mol. The van der Waals surface area contributed by atoms with Gasteiger partial charge in [-0.3, -0.25) is 4.79 Å². The van der Waals surface area contributed by atoms with Crippen molar-refractivity contribution in [2.24, 2.45) is 5.41 Å². The largest absolute Gasteiger partial charge is 0.482 e. The molecule has 1 aliphatic carbocycles. The molecular formula is C22H26N2O4S. The molecule has 1 aromatic carbocycles. The van der Waals surface area contributed by atoms with Gasteiger partial charge >= 0.3 is 5.97 Å². The number of ether oxygens (including phenoxy) is 1. The van der Waals surface area contributed by atoms with Crippen LogP contribution in [-0.4, -0.2) is 37.7 Å². The summed E-state index contributed by atoms with van der Waals surface area (Å²) in [6.45, 7) is 4.96. The molecule has 29 heavy (non-hydrogen) atoms. The minimum Gasteiger partial charge on any atom is -0.482 e. The topological polar surface area (TPSA) is 78.9 Å².